The van der Waals surface area contributed by atoms with Crippen LogP contribution in [0.3, 0.4) is 0 Å². The third-order valence-corrected chi connectivity index (χ3v) is 5.11. The van der Waals surface area contributed by atoms with Gasteiger partial charge in [0.2, 0.25) is 0 Å². The first-order valence-electron chi connectivity index (χ1n) is 9.98. The van der Waals surface area contributed by atoms with Gasteiger partial charge in [0.05, 0.1) is 10.7 Å². The maximum atomic E-state index is 6.29. The zero-order chi connectivity index (χ0) is 19.9. The number of aryl methyl sites for hydroxylation is 3. The van der Waals surface area contributed by atoms with Crippen molar-refractivity contribution in [2.24, 2.45) is 4.99 Å². The second kappa shape index (κ2) is 9.78. The van der Waals surface area contributed by atoms with Crippen LogP contribution in [0.2, 0.25) is 5.02 Å². The van der Waals surface area contributed by atoms with E-state index in [-0.39, 0.29) is 0 Å². The third kappa shape index (κ3) is 5.38. The molecule has 1 fully saturated rings. The van der Waals surface area contributed by atoms with Crippen molar-refractivity contribution in [2.45, 2.75) is 46.2 Å². The molecule has 1 aliphatic heterocycles. The minimum absolute atomic E-state index is 0.326. The maximum absolute atomic E-state index is 6.29. The molecule has 2 aromatic rings. The minimum atomic E-state index is 0.326. The highest BCUT2D eigenvalue weighted by atomic mass is 35.5. The molecule has 28 heavy (non-hydrogen) atoms. The lowest BCUT2D eigenvalue weighted by atomic mass is 10.3. The quantitative estimate of drug-likeness (QED) is 0.422. The fourth-order valence-corrected chi connectivity index (χ4v) is 3.75. The predicted molar refractivity (Wildman–Crippen MR) is 115 cm³/mol. The van der Waals surface area contributed by atoms with Gasteiger partial charge in [-0.05, 0) is 51.8 Å². The van der Waals surface area contributed by atoms with Gasteiger partial charge in [0.15, 0.2) is 5.96 Å². The Balaban J connectivity index is 1.50. The summed E-state index contributed by atoms with van der Waals surface area (Å²) in [5, 5.41) is 12.1. The van der Waals surface area contributed by atoms with Gasteiger partial charge in [0, 0.05) is 50.7 Å². The summed E-state index contributed by atoms with van der Waals surface area (Å²) in [5.74, 6) is 1.73. The number of hydrogen-bond acceptors (Lipinski definition) is 4. The number of rotatable bonds is 7. The summed E-state index contributed by atoms with van der Waals surface area (Å²) in [5.41, 5.74) is 2.26. The number of halogens is 1. The molecule has 0 amide bonds. The minimum Gasteiger partial charge on any atom is -0.357 e. The number of aromatic nitrogens is 3. The van der Waals surface area contributed by atoms with Crippen molar-refractivity contribution in [3.63, 3.8) is 0 Å². The van der Waals surface area contributed by atoms with Crippen LogP contribution in [0.1, 0.15) is 31.2 Å². The van der Waals surface area contributed by atoms with Gasteiger partial charge in [-0.25, -0.2) is 4.98 Å². The Morgan fingerprint density at radius 3 is 2.96 bits per heavy atom. The first kappa shape index (κ1) is 20.5. The van der Waals surface area contributed by atoms with Crippen molar-refractivity contribution in [3.05, 3.63) is 40.8 Å². The number of pyridine rings is 1. The van der Waals surface area contributed by atoms with E-state index in [2.05, 4.69) is 50.2 Å². The van der Waals surface area contributed by atoms with Gasteiger partial charge in [-0.3, -0.25) is 9.67 Å². The molecule has 0 radical (unpaired) electrons. The van der Waals surface area contributed by atoms with E-state index >= 15 is 0 Å². The molecule has 8 heteroatoms. The van der Waals surface area contributed by atoms with Crippen LogP contribution < -0.4 is 15.5 Å². The van der Waals surface area contributed by atoms with Crippen LogP contribution in [-0.4, -0.2) is 52.9 Å². The standard InChI is InChI=1S/C20H30ClN7/c1-4-22-20(24-10-6-11-28-16(3)13-15(2)26-28)25-17-8-12-27(14-17)19-18(21)7-5-9-23-19/h5,7,9,13,17H,4,6,8,10-12,14H2,1-3H3,(H2,22,24,25). The predicted octanol–water partition coefficient (Wildman–Crippen LogP) is 2.77. The monoisotopic (exact) mass is 403 g/mol. The fraction of sp³-hybridized carbons (Fsp3) is 0.550. The third-order valence-electron chi connectivity index (χ3n) is 4.81. The Morgan fingerprint density at radius 2 is 2.25 bits per heavy atom. The molecule has 0 aliphatic carbocycles. The Morgan fingerprint density at radius 1 is 1.39 bits per heavy atom. The molecule has 3 heterocycles. The van der Waals surface area contributed by atoms with Crippen molar-refractivity contribution < 1.29 is 0 Å². The van der Waals surface area contributed by atoms with Gasteiger partial charge in [0.25, 0.3) is 0 Å². The molecule has 1 saturated heterocycles. The highest BCUT2D eigenvalue weighted by molar-refractivity contribution is 6.32. The summed E-state index contributed by atoms with van der Waals surface area (Å²) in [6, 6.07) is 6.18. The van der Waals surface area contributed by atoms with Crippen molar-refractivity contribution in [3.8, 4) is 0 Å². The Kier molecular flexibility index (Phi) is 7.14. The molecule has 0 saturated carbocycles. The second-order valence-corrected chi connectivity index (χ2v) is 7.56. The molecule has 1 unspecified atom stereocenters. The molecule has 2 aromatic heterocycles. The van der Waals surface area contributed by atoms with Crippen molar-refractivity contribution in [1.82, 2.24) is 25.4 Å². The maximum Gasteiger partial charge on any atom is 0.191 e. The molecular weight excluding hydrogens is 374 g/mol. The van der Waals surface area contributed by atoms with E-state index in [1.54, 1.807) is 6.20 Å². The van der Waals surface area contributed by atoms with Crippen LogP contribution in [0.25, 0.3) is 0 Å². The van der Waals surface area contributed by atoms with Crippen molar-refractivity contribution in [2.75, 3.05) is 31.1 Å². The average Bonchev–Trinajstić information content (AvgIpc) is 3.25. The SMILES string of the molecule is CCNC(=NCCCn1nc(C)cc1C)NC1CCN(c2ncccc2Cl)C1. The van der Waals surface area contributed by atoms with Crippen LogP contribution in [0.15, 0.2) is 29.4 Å². The summed E-state index contributed by atoms with van der Waals surface area (Å²) in [6.45, 7) is 10.5. The van der Waals surface area contributed by atoms with Gasteiger partial charge in [0.1, 0.15) is 5.82 Å². The Hall–Kier alpha value is -2.28. The first-order chi connectivity index (χ1) is 13.6. The molecule has 152 valence electrons. The number of aliphatic imine (C=N–C) groups is 1. The normalized spacial score (nSPS) is 17.2. The highest BCUT2D eigenvalue weighted by Crippen LogP contribution is 2.25. The molecule has 7 nitrogen and oxygen atoms in total. The van der Waals surface area contributed by atoms with Gasteiger partial charge >= 0.3 is 0 Å². The van der Waals surface area contributed by atoms with Crippen LogP contribution in [0.5, 0.6) is 0 Å². The van der Waals surface area contributed by atoms with Crippen molar-refractivity contribution in [1.29, 1.82) is 0 Å². The smallest absolute Gasteiger partial charge is 0.191 e. The topological polar surface area (TPSA) is 70.4 Å². The number of guanidine groups is 1. The average molecular weight is 404 g/mol. The molecule has 0 bridgehead atoms. The van der Waals surface area contributed by atoms with Gasteiger partial charge in [-0.2, -0.15) is 5.10 Å². The zero-order valence-corrected chi connectivity index (χ0v) is 17.7. The largest absolute Gasteiger partial charge is 0.357 e. The van der Waals surface area contributed by atoms with Crippen LogP contribution in [0, 0.1) is 13.8 Å². The Bertz CT molecular complexity index is 802. The number of hydrogen-bond donors (Lipinski definition) is 2. The molecule has 2 N–H and O–H groups in total. The Labute approximate surface area is 172 Å². The summed E-state index contributed by atoms with van der Waals surface area (Å²) in [6.07, 6.45) is 3.78. The summed E-state index contributed by atoms with van der Waals surface area (Å²) in [4.78, 5) is 11.4. The lowest BCUT2D eigenvalue weighted by Gasteiger charge is -2.20. The zero-order valence-electron chi connectivity index (χ0n) is 17.0. The molecule has 3 rings (SSSR count). The molecule has 0 spiro atoms. The van der Waals surface area contributed by atoms with E-state index < -0.39 is 0 Å². The summed E-state index contributed by atoms with van der Waals surface area (Å²) in [7, 11) is 0. The number of anilines is 1. The van der Waals surface area contributed by atoms with Gasteiger partial charge in [-0.1, -0.05) is 11.6 Å². The van der Waals surface area contributed by atoms with Gasteiger partial charge in [-0.15, -0.1) is 0 Å². The van der Waals surface area contributed by atoms with E-state index in [0.717, 1.165) is 63.0 Å². The summed E-state index contributed by atoms with van der Waals surface area (Å²) < 4.78 is 2.05. The van der Waals surface area contributed by atoms with E-state index in [4.69, 9.17) is 16.6 Å². The molecule has 0 aromatic carbocycles. The number of nitrogens with zero attached hydrogens (tertiary/aromatic N) is 5. The fourth-order valence-electron chi connectivity index (χ4n) is 3.51. The van der Waals surface area contributed by atoms with Gasteiger partial charge < -0.3 is 15.5 Å². The van der Waals surface area contributed by atoms with E-state index in [1.807, 2.05) is 19.1 Å². The van der Waals surface area contributed by atoms with E-state index in [1.165, 1.54) is 5.69 Å². The first-order valence-corrected chi connectivity index (χ1v) is 10.4. The lowest BCUT2D eigenvalue weighted by molar-refractivity contribution is 0.565. The van der Waals surface area contributed by atoms with Crippen molar-refractivity contribution >= 4 is 23.4 Å². The van der Waals surface area contributed by atoms with Crippen LogP contribution >= 0.6 is 11.6 Å². The molecular formula is C20H30ClN7. The number of nitrogens with one attached hydrogen (secondary N) is 2. The molecule has 1 atom stereocenters. The highest BCUT2D eigenvalue weighted by Gasteiger charge is 2.25. The van der Waals surface area contributed by atoms with E-state index in [9.17, 15) is 0 Å². The lowest BCUT2D eigenvalue weighted by Crippen LogP contribution is -2.44. The molecule has 1 aliphatic rings. The van der Waals surface area contributed by atoms with E-state index in [0.29, 0.717) is 11.1 Å². The second-order valence-electron chi connectivity index (χ2n) is 7.15. The van der Waals surface area contributed by atoms with Crippen LogP contribution in [-0.2, 0) is 6.54 Å². The summed E-state index contributed by atoms with van der Waals surface area (Å²) >= 11 is 6.29. The van der Waals surface area contributed by atoms with Crippen LogP contribution in [0.4, 0.5) is 5.82 Å².